The minimum Gasteiger partial charge on any atom is -0.350 e. The van der Waals surface area contributed by atoms with Gasteiger partial charge in [0.15, 0.2) is 0 Å². The van der Waals surface area contributed by atoms with Gasteiger partial charge < -0.3 is 10.6 Å². The number of aromatic nitrogens is 2. The van der Waals surface area contributed by atoms with E-state index < -0.39 is 5.91 Å². The van der Waals surface area contributed by atoms with Gasteiger partial charge in [0.2, 0.25) is 5.91 Å². The Morgan fingerprint density at radius 2 is 1.96 bits per heavy atom. The van der Waals surface area contributed by atoms with Gasteiger partial charge in [0.1, 0.15) is 11.5 Å². The fourth-order valence-corrected chi connectivity index (χ4v) is 2.10. The number of carbonyl (C=O) groups excluding carboxylic acids is 2. The molecule has 6 nitrogen and oxygen atoms in total. The maximum Gasteiger partial charge on any atom is 0.271 e. The number of nitrogens with zero attached hydrogens (tertiary/aromatic N) is 2. The molecule has 1 heterocycles. The molecule has 2 N–H and O–H groups in total. The second-order valence-electron chi connectivity index (χ2n) is 6.01. The first kappa shape index (κ1) is 18.4. The van der Waals surface area contributed by atoms with Crippen molar-refractivity contribution in [3.8, 4) is 0 Å². The van der Waals surface area contributed by atoms with Crippen LogP contribution in [0.25, 0.3) is 6.08 Å². The summed E-state index contributed by atoms with van der Waals surface area (Å²) >= 11 is 0. The van der Waals surface area contributed by atoms with Crippen LogP contribution >= 0.6 is 0 Å². The molecule has 2 amide bonds. The molecule has 0 aliphatic rings. The average molecular weight is 344 g/mol. The molecule has 132 valence electrons. The molecular formula is C18H21FN4O2. The van der Waals surface area contributed by atoms with Crippen molar-refractivity contribution in [1.29, 1.82) is 0 Å². The maximum absolute atomic E-state index is 12.9. The van der Waals surface area contributed by atoms with E-state index in [9.17, 15) is 14.0 Å². The van der Waals surface area contributed by atoms with Gasteiger partial charge in [0.25, 0.3) is 5.91 Å². The molecule has 0 saturated carbocycles. The van der Waals surface area contributed by atoms with Crippen molar-refractivity contribution in [2.75, 3.05) is 11.9 Å². The molecule has 25 heavy (non-hydrogen) atoms. The fraction of sp³-hybridized carbons (Fsp3) is 0.278. The fourth-order valence-electron chi connectivity index (χ4n) is 2.10. The molecule has 0 atom stereocenters. The number of benzene rings is 1. The molecule has 2 rings (SSSR count). The molecule has 0 aliphatic heterocycles. The maximum atomic E-state index is 12.9. The number of halogens is 1. The zero-order chi connectivity index (χ0) is 18.4. The van der Waals surface area contributed by atoms with Crippen molar-refractivity contribution in [2.24, 2.45) is 13.0 Å². The van der Waals surface area contributed by atoms with Crippen molar-refractivity contribution in [3.05, 3.63) is 53.6 Å². The Bertz CT molecular complexity index is 779. The van der Waals surface area contributed by atoms with Gasteiger partial charge in [-0.2, -0.15) is 5.10 Å². The predicted octanol–water partition coefficient (Wildman–Crippen LogP) is 2.60. The molecule has 0 spiro atoms. The highest BCUT2D eigenvalue weighted by Gasteiger charge is 2.18. The Labute approximate surface area is 145 Å². The largest absolute Gasteiger partial charge is 0.350 e. The average Bonchev–Trinajstić information content (AvgIpc) is 2.92. The molecule has 1 aromatic carbocycles. The molecule has 0 saturated heterocycles. The van der Waals surface area contributed by atoms with Crippen LogP contribution < -0.4 is 10.6 Å². The van der Waals surface area contributed by atoms with Crippen LogP contribution in [0.15, 0.2) is 36.5 Å². The van der Waals surface area contributed by atoms with Gasteiger partial charge in [-0.15, -0.1) is 0 Å². The van der Waals surface area contributed by atoms with Crippen LogP contribution in [0.3, 0.4) is 0 Å². The SMILES string of the molecule is CC(C)CNC(=O)c1c(NC(=O)/C=C/c2ccc(F)cc2)cnn1C. The monoisotopic (exact) mass is 344 g/mol. The normalized spacial score (nSPS) is 11.1. The van der Waals surface area contributed by atoms with Gasteiger partial charge in [-0.25, -0.2) is 4.39 Å². The zero-order valence-corrected chi connectivity index (χ0v) is 14.4. The zero-order valence-electron chi connectivity index (χ0n) is 14.4. The summed E-state index contributed by atoms with van der Waals surface area (Å²) in [6, 6.07) is 5.76. The van der Waals surface area contributed by atoms with Gasteiger partial charge >= 0.3 is 0 Å². The third kappa shape index (κ3) is 5.27. The van der Waals surface area contributed by atoms with E-state index in [1.54, 1.807) is 25.3 Å². The van der Waals surface area contributed by atoms with E-state index in [2.05, 4.69) is 15.7 Å². The lowest BCUT2D eigenvalue weighted by molar-refractivity contribution is -0.111. The van der Waals surface area contributed by atoms with Crippen LogP contribution in [-0.4, -0.2) is 28.1 Å². The number of carbonyl (C=O) groups is 2. The van der Waals surface area contributed by atoms with E-state index in [1.807, 2.05) is 13.8 Å². The summed E-state index contributed by atoms with van der Waals surface area (Å²) in [5.41, 5.74) is 1.30. The lowest BCUT2D eigenvalue weighted by Gasteiger charge is -2.09. The first-order valence-electron chi connectivity index (χ1n) is 7.91. The highest BCUT2D eigenvalue weighted by atomic mass is 19.1. The first-order valence-corrected chi connectivity index (χ1v) is 7.91. The number of hydrogen-bond acceptors (Lipinski definition) is 3. The molecule has 2 aromatic rings. The highest BCUT2D eigenvalue weighted by Crippen LogP contribution is 2.14. The van der Waals surface area contributed by atoms with Gasteiger partial charge in [-0.3, -0.25) is 14.3 Å². The summed E-state index contributed by atoms with van der Waals surface area (Å²) in [5, 5.41) is 9.46. The Morgan fingerprint density at radius 3 is 2.60 bits per heavy atom. The quantitative estimate of drug-likeness (QED) is 0.791. The van der Waals surface area contributed by atoms with Crippen LogP contribution in [0.4, 0.5) is 10.1 Å². The second kappa shape index (κ2) is 8.23. The van der Waals surface area contributed by atoms with E-state index in [0.29, 0.717) is 23.7 Å². The second-order valence-corrected chi connectivity index (χ2v) is 6.01. The van der Waals surface area contributed by atoms with Crippen LogP contribution in [-0.2, 0) is 11.8 Å². The third-order valence-electron chi connectivity index (χ3n) is 3.38. The molecule has 0 radical (unpaired) electrons. The molecule has 1 aromatic heterocycles. The predicted molar refractivity (Wildman–Crippen MR) is 94.4 cm³/mol. The minimum atomic E-state index is -0.407. The number of aryl methyl sites for hydroxylation is 1. The first-order chi connectivity index (χ1) is 11.9. The number of hydrogen-bond donors (Lipinski definition) is 2. The van der Waals surface area contributed by atoms with E-state index in [4.69, 9.17) is 0 Å². The van der Waals surface area contributed by atoms with Gasteiger partial charge in [0.05, 0.1) is 11.9 Å². The van der Waals surface area contributed by atoms with Gasteiger partial charge in [-0.1, -0.05) is 26.0 Å². The molecule has 0 aliphatic carbocycles. The Balaban J connectivity index is 2.05. The summed E-state index contributed by atoms with van der Waals surface area (Å²) in [6.07, 6.45) is 4.30. The third-order valence-corrected chi connectivity index (χ3v) is 3.38. The molecular weight excluding hydrogens is 323 g/mol. The summed E-state index contributed by atoms with van der Waals surface area (Å²) in [4.78, 5) is 24.3. The Kier molecular flexibility index (Phi) is 6.05. The Morgan fingerprint density at radius 1 is 1.28 bits per heavy atom. The van der Waals surface area contributed by atoms with Crippen molar-refractivity contribution in [1.82, 2.24) is 15.1 Å². The number of amides is 2. The standard InChI is InChI=1S/C18H21FN4O2/c1-12(2)10-20-18(25)17-15(11-21-23(17)3)22-16(24)9-6-13-4-7-14(19)8-5-13/h4-9,11-12H,10H2,1-3H3,(H,20,25)(H,22,24)/b9-6+. The smallest absolute Gasteiger partial charge is 0.271 e. The van der Waals surface area contributed by atoms with Gasteiger partial charge in [-0.05, 0) is 29.7 Å². The lowest BCUT2D eigenvalue weighted by Crippen LogP contribution is -2.30. The van der Waals surface area contributed by atoms with Crippen molar-refractivity contribution in [2.45, 2.75) is 13.8 Å². The Hall–Kier alpha value is -2.96. The molecule has 0 bridgehead atoms. The van der Waals surface area contributed by atoms with E-state index in [-0.39, 0.29) is 17.4 Å². The van der Waals surface area contributed by atoms with E-state index >= 15 is 0 Å². The molecule has 7 heteroatoms. The molecule has 0 unspecified atom stereocenters. The van der Waals surface area contributed by atoms with Crippen LogP contribution in [0.2, 0.25) is 0 Å². The summed E-state index contributed by atoms with van der Waals surface area (Å²) in [7, 11) is 1.63. The van der Waals surface area contributed by atoms with Crippen molar-refractivity contribution >= 4 is 23.6 Å². The van der Waals surface area contributed by atoms with Crippen molar-refractivity contribution < 1.29 is 14.0 Å². The minimum absolute atomic E-state index is 0.282. The van der Waals surface area contributed by atoms with Crippen LogP contribution in [0, 0.1) is 11.7 Å². The van der Waals surface area contributed by atoms with E-state index in [0.717, 1.165) is 0 Å². The topological polar surface area (TPSA) is 76.0 Å². The number of nitrogens with one attached hydrogen (secondary N) is 2. The van der Waals surface area contributed by atoms with Crippen LogP contribution in [0.1, 0.15) is 29.9 Å². The lowest BCUT2D eigenvalue weighted by atomic mass is 10.2. The summed E-state index contributed by atoms with van der Waals surface area (Å²) in [5.74, 6) is -0.732. The highest BCUT2D eigenvalue weighted by molar-refractivity contribution is 6.06. The summed E-state index contributed by atoms with van der Waals surface area (Å²) in [6.45, 7) is 4.51. The van der Waals surface area contributed by atoms with Gasteiger partial charge in [0, 0.05) is 19.7 Å². The van der Waals surface area contributed by atoms with E-state index in [1.165, 1.54) is 29.1 Å². The summed E-state index contributed by atoms with van der Waals surface area (Å²) < 4.78 is 14.3. The van der Waals surface area contributed by atoms with Crippen molar-refractivity contribution in [3.63, 3.8) is 0 Å². The molecule has 0 fully saturated rings. The van der Waals surface area contributed by atoms with Crippen LogP contribution in [0.5, 0.6) is 0 Å². The number of anilines is 1. The number of rotatable bonds is 6.